The first-order chi connectivity index (χ1) is 9.72. The van der Waals surface area contributed by atoms with Crippen molar-refractivity contribution >= 4 is 0 Å². The third-order valence-corrected chi connectivity index (χ3v) is 4.40. The van der Waals surface area contributed by atoms with Gasteiger partial charge in [-0.25, -0.2) is 0 Å². The Morgan fingerprint density at radius 1 is 0.650 bits per heavy atom. The number of phenolic OH excluding ortho intramolecular Hbond substituents is 2. The molecular weight excluding hydrogens is 248 g/mol. The molecule has 0 bridgehead atoms. The minimum absolute atomic E-state index is 0.333. The van der Waals surface area contributed by atoms with Gasteiger partial charge in [0.05, 0.1) is 0 Å². The number of hydrogen-bond donors (Lipinski definition) is 2. The molecule has 1 saturated carbocycles. The highest BCUT2D eigenvalue weighted by Gasteiger charge is 2.24. The van der Waals surface area contributed by atoms with Crippen molar-refractivity contribution in [2.45, 2.75) is 37.5 Å². The second-order valence-corrected chi connectivity index (χ2v) is 5.74. The van der Waals surface area contributed by atoms with Gasteiger partial charge < -0.3 is 10.2 Å². The lowest BCUT2D eigenvalue weighted by molar-refractivity contribution is 0.393. The maximum atomic E-state index is 9.39. The molecule has 0 aromatic heterocycles. The molecule has 2 aromatic rings. The zero-order chi connectivity index (χ0) is 13.9. The fraction of sp³-hybridized carbons (Fsp3) is 0.333. The van der Waals surface area contributed by atoms with Crippen LogP contribution in [0.1, 0.15) is 48.6 Å². The van der Waals surface area contributed by atoms with Gasteiger partial charge in [-0.1, -0.05) is 30.7 Å². The molecule has 0 unspecified atom stereocenters. The smallest absolute Gasteiger partial charge is 0.115 e. The Kier molecular flexibility index (Phi) is 3.64. The first-order valence-corrected chi connectivity index (χ1v) is 7.30. The molecule has 0 spiro atoms. The first kappa shape index (κ1) is 13.0. The van der Waals surface area contributed by atoms with Crippen molar-refractivity contribution in [2.24, 2.45) is 0 Å². The average molecular weight is 268 g/mol. The SMILES string of the molecule is Oc1ccc([C@@H]2CCC[C@H](c3ccc(O)cc3)C2)cc1. The summed E-state index contributed by atoms with van der Waals surface area (Å²) in [7, 11) is 0. The van der Waals surface area contributed by atoms with Crippen LogP contribution in [0.3, 0.4) is 0 Å². The highest BCUT2D eigenvalue weighted by Crippen LogP contribution is 2.41. The fourth-order valence-electron chi connectivity index (χ4n) is 3.29. The number of benzene rings is 2. The third kappa shape index (κ3) is 2.79. The molecule has 0 saturated heterocycles. The summed E-state index contributed by atoms with van der Waals surface area (Å²) in [6, 6.07) is 15.3. The Balaban J connectivity index is 1.76. The van der Waals surface area contributed by atoms with Crippen LogP contribution in [0.5, 0.6) is 11.5 Å². The number of aromatic hydroxyl groups is 2. The summed E-state index contributed by atoms with van der Waals surface area (Å²) < 4.78 is 0. The van der Waals surface area contributed by atoms with Crippen LogP contribution in [-0.2, 0) is 0 Å². The van der Waals surface area contributed by atoms with Crippen molar-refractivity contribution in [1.29, 1.82) is 0 Å². The lowest BCUT2D eigenvalue weighted by atomic mass is 9.75. The van der Waals surface area contributed by atoms with Gasteiger partial charge in [0.15, 0.2) is 0 Å². The average Bonchev–Trinajstić information content (AvgIpc) is 2.49. The Morgan fingerprint density at radius 2 is 1.05 bits per heavy atom. The molecule has 1 aliphatic rings. The van der Waals surface area contributed by atoms with Crippen LogP contribution in [0.4, 0.5) is 0 Å². The monoisotopic (exact) mass is 268 g/mol. The van der Waals surface area contributed by atoms with Crippen molar-refractivity contribution in [3.8, 4) is 11.5 Å². The van der Waals surface area contributed by atoms with Gasteiger partial charge in [-0.3, -0.25) is 0 Å². The van der Waals surface area contributed by atoms with Crippen LogP contribution < -0.4 is 0 Å². The van der Waals surface area contributed by atoms with Crippen LogP contribution in [0.25, 0.3) is 0 Å². The molecule has 0 radical (unpaired) electrons. The lowest BCUT2D eigenvalue weighted by Gasteiger charge is -2.30. The van der Waals surface area contributed by atoms with Crippen LogP contribution >= 0.6 is 0 Å². The summed E-state index contributed by atoms with van der Waals surface area (Å²) in [5.41, 5.74) is 2.65. The fourth-order valence-corrected chi connectivity index (χ4v) is 3.29. The van der Waals surface area contributed by atoms with E-state index in [1.165, 1.54) is 30.4 Å². The molecule has 1 fully saturated rings. The molecule has 20 heavy (non-hydrogen) atoms. The molecule has 2 heteroatoms. The molecule has 0 heterocycles. The molecule has 0 amide bonds. The number of rotatable bonds is 2. The van der Waals surface area contributed by atoms with Crippen molar-refractivity contribution < 1.29 is 10.2 Å². The normalized spacial score (nSPS) is 22.6. The Morgan fingerprint density at radius 3 is 1.45 bits per heavy atom. The second-order valence-electron chi connectivity index (χ2n) is 5.74. The zero-order valence-electron chi connectivity index (χ0n) is 11.5. The Hall–Kier alpha value is -1.96. The summed E-state index contributed by atoms with van der Waals surface area (Å²) in [5, 5.41) is 18.8. The summed E-state index contributed by atoms with van der Waals surface area (Å²) in [5.74, 6) is 1.81. The van der Waals surface area contributed by atoms with Crippen molar-refractivity contribution in [3.05, 3.63) is 59.7 Å². The molecular formula is C18H20O2. The van der Waals surface area contributed by atoms with E-state index in [0.29, 0.717) is 23.3 Å². The standard InChI is InChI=1S/C18H20O2/c19-17-8-4-13(5-9-17)15-2-1-3-16(12-15)14-6-10-18(20)11-7-14/h4-11,15-16,19-20H,1-3,12H2/t15-,16+. The van der Waals surface area contributed by atoms with Gasteiger partial charge in [0.1, 0.15) is 11.5 Å². The maximum Gasteiger partial charge on any atom is 0.115 e. The van der Waals surface area contributed by atoms with Gasteiger partial charge in [0.2, 0.25) is 0 Å². The van der Waals surface area contributed by atoms with E-state index in [4.69, 9.17) is 0 Å². The van der Waals surface area contributed by atoms with Crippen LogP contribution in [0.15, 0.2) is 48.5 Å². The van der Waals surface area contributed by atoms with Gasteiger partial charge in [-0.2, -0.15) is 0 Å². The van der Waals surface area contributed by atoms with Crippen LogP contribution in [-0.4, -0.2) is 10.2 Å². The van der Waals surface area contributed by atoms with Gasteiger partial charge in [0, 0.05) is 0 Å². The van der Waals surface area contributed by atoms with E-state index < -0.39 is 0 Å². The van der Waals surface area contributed by atoms with Crippen molar-refractivity contribution in [2.75, 3.05) is 0 Å². The van der Waals surface area contributed by atoms with Crippen LogP contribution in [0.2, 0.25) is 0 Å². The topological polar surface area (TPSA) is 40.5 Å². The van der Waals surface area contributed by atoms with E-state index in [2.05, 4.69) is 0 Å². The van der Waals surface area contributed by atoms with E-state index in [0.717, 1.165) is 6.42 Å². The van der Waals surface area contributed by atoms with E-state index in [1.54, 1.807) is 24.3 Å². The molecule has 1 aliphatic carbocycles. The summed E-state index contributed by atoms with van der Waals surface area (Å²) >= 11 is 0. The maximum absolute atomic E-state index is 9.39. The van der Waals surface area contributed by atoms with Crippen molar-refractivity contribution in [3.63, 3.8) is 0 Å². The largest absolute Gasteiger partial charge is 0.508 e. The van der Waals surface area contributed by atoms with Crippen LogP contribution in [0, 0.1) is 0 Å². The minimum Gasteiger partial charge on any atom is -0.508 e. The van der Waals surface area contributed by atoms with Gasteiger partial charge in [-0.05, 0) is 66.5 Å². The number of hydrogen-bond acceptors (Lipinski definition) is 2. The number of phenols is 2. The molecule has 2 aromatic carbocycles. The highest BCUT2D eigenvalue weighted by atomic mass is 16.3. The molecule has 2 nitrogen and oxygen atoms in total. The molecule has 0 aliphatic heterocycles. The minimum atomic E-state index is 0.333. The summed E-state index contributed by atoms with van der Waals surface area (Å²) in [6.07, 6.45) is 4.82. The van der Waals surface area contributed by atoms with E-state index >= 15 is 0 Å². The summed E-state index contributed by atoms with van der Waals surface area (Å²) in [4.78, 5) is 0. The van der Waals surface area contributed by atoms with Gasteiger partial charge in [-0.15, -0.1) is 0 Å². The first-order valence-electron chi connectivity index (χ1n) is 7.30. The Bertz CT molecular complexity index is 505. The molecule has 3 rings (SSSR count). The Labute approximate surface area is 119 Å². The third-order valence-electron chi connectivity index (χ3n) is 4.40. The lowest BCUT2D eigenvalue weighted by Crippen LogP contribution is -2.12. The quantitative estimate of drug-likeness (QED) is 0.839. The van der Waals surface area contributed by atoms with E-state index in [-0.39, 0.29) is 0 Å². The van der Waals surface area contributed by atoms with E-state index in [9.17, 15) is 10.2 Å². The van der Waals surface area contributed by atoms with Gasteiger partial charge >= 0.3 is 0 Å². The predicted molar refractivity (Wildman–Crippen MR) is 80.2 cm³/mol. The second kappa shape index (κ2) is 5.58. The molecule has 104 valence electrons. The molecule has 2 atom stereocenters. The van der Waals surface area contributed by atoms with E-state index in [1.807, 2.05) is 24.3 Å². The zero-order valence-corrected chi connectivity index (χ0v) is 11.5. The van der Waals surface area contributed by atoms with Gasteiger partial charge in [0.25, 0.3) is 0 Å². The molecule has 2 N–H and O–H groups in total. The predicted octanol–water partition coefficient (Wildman–Crippen LogP) is 4.54. The highest BCUT2D eigenvalue weighted by molar-refractivity contribution is 5.31. The van der Waals surface area contributed by atoms with Crippen molar-refractivity contribution in [1.82, 2.24) is 0 Å². The summed E-state index contributed by atoms with van der Waals surface area (Å²) in [6.45, 7) is 0.